The van der Waals surface area contributed by atoms with Gasteiger partial charge in [0.05, 0.1) is 41.5 Å². The molecule has 12 bridgehead atoms. The number of ether oxygens (including phenoxy) is 5. The summed E-state index contributed by atoms with van der Waals surface area (Å²) >= 11 is 0. The third-order valence-corrected chi connectivity index (χ3v) is 16.7. The molecule has 1 spiro atoms. The molecule has 0 aromatic heterocycles. The lowest BCUT2D eigenvalue weighted by molar-refractivity contribution is -0.394. The molecular weight excluding hydrogens is 660 g/mol. The van der Waals surface area contributed by atoms with Crippen LogP contribution in [-0.4, -0.2) is 62.5 Å². The van der Waals surface area contributed by atoms with Crippen LogP contribution in [0.3, 0.4) is 0 Å². The summed E-state index contributed by atoms with van der Waals surface area (Å²) in [5.41, 5.74) is -2.32. The first-order chi connectivity index (χ1) is 24.7. The molecule has 0 aromatic carbocycles. The quantitative estimate of drug-likeness (QED) is 0.197. The van der Waals surface area contributed by atoms with Gasteiger partial charge in [-0.15, -0.1) is 0 Å². The van der Waals surface area contributed by atoms with Gasteiger partial charge in [-0.3, -0.25) is 19.2 Å². The van der Waals surface area contributed by atoms with Gasteiger partial charge in [0.15, 0.2) is 5.79 Å². The van der Waals surface area contributed by atoms with Crippen LogP contribution in [0.5, 0.6) is 0 Å². The summed E-state index contributed by atoms with van der Waals surface area (Å²) in [7, 11) is 0. The van der Waals surface area contributed by atoms with Gasteiger partial charge < -0.3 is 23.7 Å². The van der Waals surface area contributed by atoms with Crippen LogP contribution in [0, 0.1) is 80.3 Å². The van der Waals surface area contributed by atoms with Crippen molar-refractivity contribution in [2.45, 2.75) is 129 Å². The van der Waals surface area contributed by atoms with Crippen LogP contribution in [0.2, 0.25) is 0 Å². The summed E-state index contributed by atoms with van der Waals surface area (Å²) in [6, 6.07) is 0. The number of ketones is 1. The number of carbonyl (C=O) groups is 4. The minimum atomic E-state index is -0.800. The molecule has 4 atom stereocenters. The predicted molar refractivity (Wildman–Crippen MR) is 187 cm³/mol. The van der Waals surface area contributed by atoms with E-state index in [1.807, 2.05) is 20.8 Å². The zero-order chi connectivity index (χ0) is 35.9. The van der Waals surface area contributed by atoms with Gasteiger partial charge in [0.2, 0.25) is 0 Å². The van der Waals surface area contributed by atoms with Crippen LogP contribution in [0.1, 0.15) is 124 Å². The Morgan fingerprint density at radius 2 is 1.06 bits per heavy atom. The van der Waals surface area contributed by atoms with Gasteiger partial charge in [0, 0.05) is 29.1 Å². The number of hydrogen-bond acceptors (Lipinski definition) is 9. The normalized spacial score (nSPS) is 50.5. The lowest BCUT2D eigenvalue weighted by Gasteiger charge is -2.65. The molecule has 13 rings (SSSR count). The highest BCUT2D eigenvalue weighted by molar-refractivity contribution is 5.89. The topological polar surface area (TPSA) is 114 Å². The maximum absolute atomic E-state index is 14.1. The van der Waals surface area contributed by atoms with E-state index < -0.39 is 22.0 Å². The Morgan fingerprint density at radius 3 is 1.56 bits per heavy atom. The summed E-state index contributed by atoms with van der Waals surface area (Å²) in [6.07, 6.45) is 15.5. The fourth-order valence-corrected chi connectivity index (χ4v) is 15.1. The van der Waals surface area contributed by atoms with Gasteiger partial charge in [0.25, 0.3) is 0 Å². The molecule has 12 aliphatic carbocycles. The second-order valence-electron chi connectivity index (χ2n) is 21.8. The van der Waals surface area contributed by atoms with Gasteiger partial charge in [-0.2, -0.15) is 0 Å². The highest BCUT2D eigenvalue weighted by Crippen LogP contribution is 2.66. The van der Waals surface area contributed by atoms with Crippen molar-refractivity contribution in [2.75, 3.05) is 33.0 Å². The fraction of sp³-hybridized carbons (Fsp3) is 0.907. The number of Topliss-reactive ketones (excluding diaryl/α,β-unsaturated/α-hetero) is 1. The second kappa shape index (κ2) is 11.5. The van der Waals surface area contributed by atoms with E-state index in [2.05, 4.69) is 0 Å². The summed E-state index contributed by atoms with van der Waals surface area (Å²) in [4.78, 5) is 53.9. The zero-order valence-corrected chi connectivity index (χ0v) is 31.7. The smallest absolute Gasteiger partial charge is 0.312 e. The summed E-state index contributed by atoms with van der Waals surface area (Å²) in [5, 5.41) is 0. The Labute approximate surface area is 308 Å². The molecule has 9 heteroatoms. The highest BCUT2D eigenvalue weighted by Gasteiger charge is 2.67. The number of hydrogen-bond donors (Lipinski definition) is 0. The van der Waals surface area contributed by atoms with Crippen molar-refractivity contribution >= 4 is 23.7 Å². The lowest BCUT2D eigenvalue weighted by Crippen LogP contribution is -2.68. The van der Waals surface area contributed by atoms with Crippen molar-refractivity contribution in [3.8, 4) is 0 Å². The molecule has 52 heavy (non-hydrogen) atoms. The third kappa shape index (κ3) is 5.33. The van der Waals surface area contributed by atoms with E-state index in [-0.39, 0.29) is 65.6 Å². The molecule has 0 aromatic rings. The zero-order valence-electron chi connectivity index (χ0n) is 31.7. The molecule has 1 saturated heterocycles. The molecule has 1 aliphatic heterocycles. The van der Waals surface area contributed by atoms with Crippen LogP contribution >= 0.6 is 0 Å². The van der Waals surface area contributed by atoms with Crippen LogP contribution in [-0.2, 0) is 42.9 Å². The van der Waals surface area contributed by atoms with E-state index in [1.54, 1.807) is 0 Å². The molecule has 13 aliphatic rings. The fourth-order valence-electron chi connectivity index (χ4n) is 15.1. The molecule has 0 N–H and O–H groups in total. The van der Waals surface area contributed by atoms with Crippen LogP contribution < -0.4 is 0 Å². The summed E-state index contributed by atoms with van der Waals surface area (Å²) in [5.74, 6) is 2.54. The lowest BCUT2D eigenvalue weighted by atomic mass is 9.47. The number of esters is 3. The van der Waals surface area contributed by atoms with Gasteiger partial charge in [-0.1, -0.05) is 0 Å². The van der Waals surface area contributed by atoms with E-state index in [0.717, 1.165) is 70.6 Å². The molecule has 13 fully saturated rings. The molecule has 12 saturated carbocycles. The van der Waals surface area contributed by atoms with Crippen molar-refractivity contribution in [2.24, 2.45) is 80.3 Å². The summed E-state index contributed by atoms with van der Waals surface area (Å²) in [6.45, 7) is 6.97. The molecule has 0 radical (unpaired) electrons. The molecule has 9 nitrogen and oxygen atoms in total. The highest BCUT2D eigenvalue weighted by atomic mass is 16.7. The molecule has 286 valence electrons. The van der Waals surface area contributed by atoms with E-state index in [1.165, 1.54) is 19.3 Å². The maximum atomic E-state index is 14.1. The maximum Gasteiger partial charge on any atom is 0.312 e. The minimum absolute atomic E-state index is 0.00704. The van der Waals surface area contributed by atoms with Crippen LogP contribution in [0.15, 0.2) is 0 Å². The van der Waals surface area contributed by atoms with Crippen molar-refractivity contribution in [3.63, 3.8) is 0 Å². The van der Waals surface area contributed by atoms with Gasteiger partial charge in [-0.25, -0.2) is 0 Å². The van der Waals surface area contributed by atoms with Crippen LogP contribution in [0.4, 0.5) is 0 Å². The first-order valence-electron chi connectivity index (χ1n) is 21.0. The first kappa shape index (κ1) is 34.5. The molecular formula is C43H60O9. The molecule has 4 unspecified atom stereocenters. The SMILES string of the molecule is CC(C)(C)C(=O)OCC12CC3CC(C1)C1(OCC(COC(=O)C45CC6CC(CC(C6)C4)C5)(COC(=O)C45CC6CC(C4)C(=O)C(C6)C5)CO1)C(C3)C2. The average Bonchev–Trinajstić information content (AvgIpc) is 3.09. The van der Waals surface area contributed by atoms with Gasteiger partial charge >= 0.3 is 17.9 Å². The number of carbonyl (C=O) groups excluding carboxylic acids is 4. The number of rotatable bonds is 8. The van der Waals surface area contributed by atoms with Gasteiger partial charge in [0.1, 0.15) is 19.0 Å². The Kier molecular flexibility index (Phi) is 7.64. The van der Waals surface area contributed by atoms with Crippen molar-refractivity contribution in [3.05, 3.63) is 0 Å². The largest absolute Gasteiger partial charge is 0.465 e. The van der Waals surface area contributed by atoms with Crippen LogP contribution in [0.25, 0.3) is 0 Å². The van der Waals surface area contributed by atoms with E-state index in [9.17, 15) is 19.2 Å². The van der Waals surface area contributed by atoms with E-state index in [4.69, 9.17) is 23.7 Å². The second-order valence-corrected chi connectivity index (χ2v) is 21.8. The third-order valence-electron chi connectivity index (χ3n) is 16.7. The van der Waals surface area contributed by atoms with E-state index >= 15 is 0 Å². The average molecular weight is 721 g/mol. The first-order valence-corrected chi connectivity index (χ1v) is 21.0. The Hall–Kier alpha value is -2.00. The Morgan fingerprint density at radius 1 is 0.596 bits per heavy atom. The Bertz CT molecular complexity index is 1460. The Balaban J connectivity index is 0.859. The predicted octanol–water partition coefficient (Wildman–Crippen LogP) is 6.83. The molecule has 1 heterocycles. The van der Waals surface area contributed by atoms with Crippen molar-refractivity contribution < 1.29 is 42.9 Å². The summed E-state index contributed by atoms with van der Waals surface area (Å²) < 4.78 is 32.7. The van der Waals surface area contributed by atoms with Gasteiger partial charge in [-0.05, 0) is 153 Å². The standard InChI is InChI=1S/C43H60O9/c1-38(2,3)35(45)48-20-39-11-29-9-32(18-39)43(33(10-29)19-39)51-23-40(24-52-43,21-49-36(46)41-12-25-4-26(13-41)6-27(5-25)14-41)22-50-37(47)42-15-28-7-30(16-42)34(44)31(8-28)17-42/h25-33H,4-24H2,1-3H3. The minimum Gasteiger partial charge on any atom is -0.465 e. The van der Waals surface area contributed by atoms with Crippen molar-refractivity contribution in [1.82, 2.24) is 0 Å². The van der Waals surface area contributed by atoms with Crippen molar-refractivity contribution in [1.29, 1.82) is 0 Å². The molecule has 0 amide bonds. The van der Waals surface area contributed by atoms with E-state index in [0.29, 0.717) is 68.0 Å². The monoisotopic (exact) mass is 720 g/mol.